The molecule has 2 aliphatic rings. The van der Waals surface area contributed by atoms with Gasteiger partial charge in [0.25, 0.3) is 5.91 Å². The number of aryl methyl sites for hydroxylation is 2. The molecule has 0 radical (unpaired) electrons. The van der Waals surface area contributed by atoms with Crippen LogP contribution in [-0.4, -0.2) is 64.3 Å². The third-order valence-corrected chi connectivity index (χ3v) is 9.57. The summed E-state index contributed by atoms with van der Waals surface area (Å²) in [7, 11) is 1.76. The van der Waals surface area contributed by atoms with Crippen molar-refractivity contribution >= 4 is 28.3 Å². The van der Waals surface area contributed by atoms with Gasteiger partial charge in [-0.1, -0.05) is 17.7 Å². The average molecular weight is 592 g/mol. The minimum absolute atomic E-state index is 0.0739. The normalized spacial score (nSPS) is 20.0. The van der Waals surface area contributed by atoms with Gasteiger partial charge >= 0.3 is 5.97 Å². The van der Waals surface area contributed by atoms with Crippen LogP contribution < -0.4 is 9.64 Å². The number of hydrogen-bond donors (Lipinski definition) is 2. The van der Waals surface area contributed by atoms with Gasteiger partial charge in [0.05, 0.1) is 17.2 Å². The molecule has 1 saturated carbocycles. The maximum Gasteiger partial charge on any atom is 0.307 e. The zero-order chi connectivity index (χ0) is 30.2. The summed E-state index contributed by atoms with van der Waals surface area (Å²) >= 11 is 1.60. The molecule has 2 N–H and O–H groups in total. The van der Waals surface area contributed by atoms with Crippen molar-refractivity contribution in [2.45, 2.75) is 59.2 Å². The smallest absolute Gasteiger partial charge is 0.307 e. The van der Waals surface area contributed by atoms with Crippen LogP contribution in [0.2, 0.25) is 0 Å². The predicted molar refractivity (Wildman–Crippen MR) is 165 cm³/mol. The van der Waals surface area contributed by atoms with Gasteiger partial charge in [-0.2, -0.15) is 0 Å². The molecule has 224 valence electrons. The van der Waals surface area contributed by atoms with Crippen LogP contribution in [0.3, 0.4) is 0 Å². The molecule has 0 spiro atoms. The van der Waals surface area contributed by atoms with E-state index in [-0.39, 0.29) is 23.7 Å². The van der Waals surface area contributed by atoms with Gasteiger partial charge in [-0.25, -0.2) is 4.98 Å². The second-order valence-electron chi connectivity index (χ2n) is 12.6. The number of aromatic nitrogens is 1. The van der Waals surface area contributed by atoms with Crippen molar-refractivity contribution in [3.05, 3.63) is 64.0 Å². The number of amides is 1. The molecule has 2 unspecified atom stereocenters. The summed E-state index contributed by atoms with van der Waals surface area (Å²) in [5.41, 5.74) is 4.65. The second kappa shape index (κ2) is 12.1. The molecule has 2 atom stereocenters. The SMILES string of the molecule is Cc1ccc(OCc2ccc(C(=O)N(C)CCC(C)(C)O)cc2C)c(-c2csc(N3CC4CCC(C3)C4C(=O)O)n2)c1. The summed E-state index contributed by atoms with van der Waals surface area (Å²) in [5.74, 6) is 0.152. The Kier molecular flexibility index (Phi) is 8.62. The number of benzene rings is 2. The Labute approximate surface area is 252 Å². The molecule has 2 bridgehead atoms. The molecular weight excluding hydrogens is 550 g/mol. The van der Waals surface area contributed by atoms with Gasteiger partial charge in [-0.05, 0) is 94.2 Å². The maximum atomic E-state index is 12.9. The molecule has 9 heteroatoms. The van der Waals surface area contributed by atoms with Crippen molar-refractivity contribution in [2.24, 2.45) is 17.8 Å². The molecule has 1 amide bonds. The molecule has 1 aliphatic carbocycles. The third-order valence-electron chi connectivity index (χ3n) is 8.67. The van der Waals surface area contributed by atoms with Crippen LogP contribution in [0.15, 0.2) is 41.8 Å². The number of anilines is 1. The van der Waals surface area contributed by atoms with E-state index in [1.807, 2.05) is 44.2 Å². The highest BCUT2D eigenvalue weighted by Crippen LogP contribution is 2.44. The fourth-order valence-electron chi connectivity index (χ4n) is 6.19. The highest BCUT2D eigenvalue weighted by Gasteiger charge is 2.46. The van der Waals surface area contributed by atoms with Crippen molar-refractivity contribution in [3.63, 3.8) is 0 Å². The number of ether oxygens (including phenoxy) is 1. The number of fused-ring (bicyclic) bond motifs is 2. The minimum Gasteiger partial charge on any atom is -0.488 e. The number of aliphatic hydroxyl groups is 1. The molecule has 3 aromatic rings. The first kappa shape index (κ1) is 30.0. The van der Waals surface area contributed by atoms with Crippen molar-refractivity contribution in [1.82, 2.24) is 9.88 Å². The van der Waals surface area contributed by atoms with Crippen LogP contribution in [0, 0.1) is 31.6 Å². The summed E-state index contributed by atoms with van der Waals surface area (Å²) < 4.78 is 6.34. The van der Waals surface area contributed by atoms with E-state index in [2.05, 4.69) is 16.3 Å². The number of hydrogen-bond acceptors (Lipinski definition) is 7. The first-order valence-electron chi connectivity index (χ1n) is 14.6. The molecule has 42 heavy (non-hydrogen) atoms. The largest absolute Gasteiger partial charge is 0.488 e. The predicted octanol–water partition coefficient (Wildman–Crippen LogP) is 5.79. The van der Waals surface area contributed by atoms with Crippen LogP contribution >= 0.6 is 11.3 Å². The first-order valence-corrected chi connectivity index (χ1v) is 15.5. The number of carboxylic acid groups (broad SMARTS) is 1. The van der Waals surface area contributed by atoms with Gasteiger partial charge in [0, 0.05) is 43.2 Å². The Morgan fingerprint density at radius 1 is 1.12 bits per heavy atom. The van der Waals surface area contributed by atoms with Crippen molar-refractivity contribution in [2.75, 3.05) is 31.6 Å². The molecule has 8 nitrogen and oxygen atoms in total. The fourth-order valence-corrected chi connectivity index (χ4v) is 7.04. The van der Waals surface area contributed by atoms with Crippen LogP contribution in [0.25, 0.3) is 11.3 Å². The highest BCUT2D eigenvalue weighted by atomic mass is 32.1. The van der Waals surface area contributed by atoms with Crippen LogP contribution in [0.5, 0.6) is 5.75 Å². The van der Waals surface area contributed by atoms with Crippen LogP contribution in [-0.2, 0) is 11.4 Å². The summed E-state index contributed by atoms with van der Waals surface area (Å²) in [5, 5.41) is 22.7. The summed E-state index contributed by atoms with van der Waals surface area (Å²) in [4.78, 5) is 33.6. The standard InChI is InChI=1S/C33H41N3O5S/c1-20-6-11-28(41-18-25-10-7-22(15-21(25)2)30(37)35(5)13-12-33(3,4)40)26(14-20)27-19-42-32(34-27)36-16-23-8-9-24(17-36)29(23)31(38)39/h6-7,10-11,14-15,19,23-24,29,40H,8-9,12-13,16-18H2,1-5H3,(H,38,39). The summed E-state index contributed by atoms with van der Waals surface area (Å²) in [6.07, 6.45) is 2.45. The number of carbonyl (C=O) groups excluding carboxylic acids is 1. The van der Waals surface area contributed by atoms with E-state index in [0.717, 1.165) is 64.8 Å². The first-order chi connectivity index (χ1) is 19.9. The zero-order valence-electron chi connectivity index (χ0n) is 25.1. The molecule has 1 saturated heterocycles. The van der Waals surface area contributed by atoms with Crippen LogP contribution in [0.1, 0.15) is 60.2 Å². The zero-order valence-corrected chi connectivity index (χ0v) is 25.9. The fraction of sp³-hybridized carbons (Fsp3) is 0.485. The van der Waals surface area contributed by atoms with Gasteiger partial charge < -0.3 is 24.7 Å². The number of piperidine rings is 1. The lowest BCUT2D eigenvalue weighted by atomic mass is 9.85. The van der Waals surface area contributed by atoms with Gasteiger partial charge in [-0.3, -0.25) is 9.59 Å². The monoisotopic (exact) mass is 591 g/mol. The Morgan fingerprint density at radius 3 is 2.48 bits per heavy atom. The molecule has 1 aliphatic heterocycles. The topological polar surface area (TPSA) is 103 Å². The van der Waals surface area contributed by atoms with Gasteiger partial charge in [0.1, 0.15) is 12.4 Å². The van der Waals surface area contributed by atoms with Crippen molar-refractivity contribution < 1.29 is 24.5 Å². The molecule has 2 heterocycles. The number of carboxylic acids is 1. The van der Waals surface area contributed by atoms with E-state index < -0.39 is 11.6 Å². The second-order valence-corrected chi connectivity index (χ2v) is 13.4. The number of thiazole rings is 1. The van der Waals surface area contributed by atoms with Gasteiger partial charge in [-0.15, -0.1) is 11.3 Å². The summed E-state index contributed by atoms with van der Waals surface area (Å²) in [6.45, 7) is 9.83. The Bertz CT molecular complexity index is 1450. The van der Waals surface area contributed by atoms with E-state index in [4.69, 9.17) is 9.72 Å². The van der Waals surface area contributed by atoms with E-state index in [1.54, 1.807) is 37.1 Å². The van der Waals surface area contributed by atoms with Gasteiger partial charge in [0.2, 0.25) is 0 Å². The van der Waals surface area contributed by atoms with Crippen LogP contribution in [0.4, 0.5) is 5.13 Å². The number of carbonyl (C=O) groups is 2. The van der Waals surface area contributed by atoms with Gasteiger partial charge in [0.15, 0.2) is 5.13 Å². The molecular formula is C33H41N3O5S. The summed E-state index contributed by atoms with van der Waals surface area (Å²) in [6, 6.07) is 11.8. The highest BCUT2D eigenvalue weighted by molar-refractivity contribution is 7.14. The molecule has 2 fully saturated rings. The van der Waals surface area contributed by atoms with Crippen molar-refractivity contribution in [3.8, 4) is 17.0 Å². The Hall–Kier alpha value is -3.43. The molecule has 5 rings (SSSR count). The molecule has 2 aromatic carbocycles. The van der Waals surface area contributed by atoms with E-state index in [9.17, 15) is 19.8 Å². The van der Waals surface area contributed by atoms with E-state index >= 15 is 0 Å². The van der Waals surface area contributed by atoms with Crippen molar-refractivity contribution in [1.29, 1.82) is 0 Å². The number of nitrogens with zero attached hydrogens (tertiary/aromatic N) is 3. The number of rotatable bonds is 10. The van der Waals surface area contributed by atoms with E-state index in [1.165, 1.54) is 0 Å². The Morgan fingerprint density at radius 2 is 1.83 bits per heavy atom. The lowest BCUT2D eigenvalue weighted by molar-refractivity contribution is -0.144. The quantitative estimate of drug-likeness (QED) is 0.308. The van der Waals surface area contributed by atoms with E-state index in [0.29, 0.717) is 25.1 Å². The molecule has 1 aromatic heterocycles. The minimum atomic E-state index is -0.820. The number of aliphatic carboxylic acids is 1. The average Bonchev–Trinajstić information content (AvgIpc) is 3.53. The maximum absolute atomic E-state index is 12.9. The third kappa shape index (κ3) is 6.63. The Balaban J connectivity index is 1.27. The lowest BCUT2D eigenvalue weighted by Gasteiger charge is -2.35. The lowest BCUT2D eigenvalue weighted by Crippen LogP contribution is -2.44.